The zero-order valence-corrected chi connectivity index (χ0v) is 16.2. The number of carbonyl (C=O) groups is 2. The van der Waals surface area contributed by atoms with Crippen LogP contribution in [-0.2, 0) is 11.3 Å². The molecule has 3 heterocycles. The van der Waals surface area contributed by atoms with Gasteiger partial charge >= 0.3 is 6.03 Å². The van der Waals surface area contributed by atoms with Crippen LogP contribution in [0, 0.1) is 5.92 Å². The van der Waals surface area contributed by atoms with E-state index >= 15 is 0 Å². The van der Waals surface area contributed by atoms with Gasteiger partial charge in [-0.15, -0.1) is 0 Å². The van der Waals surface area contributed by atoms with Crippen LogP contribution in [0.3, 0.4) is 0 Å². The van der Waals surface area contributed by atoms with E-state index in [2.05, 4.69) is 17.0 Å². The van der Waals surface area contributed by atoms with Crippen LogP contribution in [0.5, 0.6) is 0 Å². The molecule has 0 radical (unpaired) electrons. The van der Waals surface area contributed by atoms with E-state index in [1.165, 1.54) is 10.5 Å². The first-order chi connectivity index (χ1) is 12.9. The van der Waals surface area contributed by atoms with Crippen LogP contribution >= 0.6 is 0 Å². The summed E-state index contributed by atoms with van der Waals surface area (Å²) in [5.74, 6) is 0.794. The number of rotatable bonds is 4. The lowest BCUT2D eigenvalue weighted by molar-refractivity contribution is -0.137. The first kappa shape index (κ1) is 17.6. The lowest BCUT2D eigenvalue weighted by Crippen LogP contribution is -2.64. The Kier molecular flexibility index (Phi) is 4.17. The maximum Gasteiger partial charge on any atom is 0.328 e. The molecule has 0 aromatic heterocycles. The van der Waals surface area contributed by atoms with Crippen molar-refractivity contribution in [2.45, 2.75) is 39.5 Å². The van der Waals surface area contributed by atoms with Gasteiger partial charge in [0, 0.05) is 25.5 Å². The molecule has 27 heavy (non-hydrogen) atoms. The zero-order valence-electron chi connectivity index (χ0n) is 16.2. The molecule has 2 unspecified atom stereocenters. The molecule has 1 aromatic rings. The van der Waals surface area contributed by atoms with Crippen LogP contribution in [0.15, 0.2) is 47.2 Å². The van der Waals surface area contributed by atoms with Gasteiger partial charge < -0.3 is 14.7 Å². The Bertz CT molecular complexity index is 832. The first-order valence-corrected chi connectivity index (χ1v) is 9.32. The number of likely N-dealkylation sites (N-methyl/N-ethyl adjacent to an activating group) is 1. The van der Waals surface area contributed by atoms with Crippen molar-refractivity contribution < 1.29 is 9.59 Å². The summed E-state index contributed by atoms with van der Waals surface area (Å²) >= 11 is 0. The van der Waals surface area contributed by atoms with Gasteiger partial charge in [0.2, 0.25) is 5.96 Å². The quantitative estimate of drug-likeness (QED) is 0.819. The van der Waals surface area contributed by atoms with Gasteiger partial charge in [0.15, 0.2) is 12.2 Å². The lowest BCUT2D eigenvalue weighted by Gasteiger charge is -2.40. The van der Waals surface area contributed by atoms with Gasteiger partial charge in [0.05, 0.1) is 6.54 Å². The highest BCUT2D eigenvalue weighted by molar-refractivity contribution is 6.04. The molecule has 0 saturated carbocycles. The molecule has 3 aliphatic rings. The third-order valence-corrected chi connectivity index (χ3v) is 5.23. The maximum atomic E-state index is 13.1. The largest absolute Gasteiger partial charge is 0.328 e. The molecule has 0 N–H and O–H groups in total. The minimum Gasteiger partial charge on any atom is -0.310 e. The van der Waals surface area contributed by atoms with Crippen molar-refractivity contribution in [3.8, 4) is 0 Å². The molecule has 3 aliphatic heterocycles. The molecular weight excluding hydrogens is 342 g/mol. The summed E-state index contributed by atoms with van der Waals surface area (Å²) in [6.07, 6.45) is 1.49. The monoisotopic (exact) mass is 367 g/mol. The molecule has 1 aromatic carbocycles. The van der Waals surface area contributed by atoms with Crippen LogP contribution in [0.25, 0.3) is 0 Å². The first-order valence-electron chi connectivity index (χ1n) is 9.32. The van der Waals surface area contributed by atoms with E-state index < -0.39 is 12.2 Å². The van der Waals surface area contributed by atoms with Gasteiger partial charge in [0.1, 0.15) is 0 Å². The number of guanidine groups is 1. The summed E-state index contributed by atoms with van der Waals surface area (Å²) in [6.45, 7) is 7.13. The smallest absolute Gasteiger partial charge is 0.310 e. The summed E-state index contributed by atoms with van der Waals surface area (Å²) < 4.78 is 0. The minimum atomic E-state index is -0.489. The van der Waals surface area contributed by atoms with Crippen molar-refractivity contribution in [1.29, 1.82) is 0 Å². The van der Waals surface area contributed by atoms with Gasteiger partial charge in [-0.25, -0.2) is 9.79 Å². The van der Waals surface area contributed by atoms with E-state index in [9.17, 15) is 9.59 Å². The predicted molar refractivity (Wildman–Crippen MR) is 102 cm³/mol. The highest BCUT2D eigenvalue weighted by Gasteiger charge is 2.54. The topological polar surface area (TPSA) is 59.5 Å². The summed E-state index contributed by atoms with van der Waals surface area (Å²) in [5, 5.41) is 0. The molecule has 4 rings (SSSR count). The number of aliphatic imine (C=N–C) groups is 1. The Labute approximate surface area is 159 Å². The molecule has 7 heteroatoms. The highest BCUT2D eigenvalue weighted by Crippen LogP contribution is 2.34. The standard InChI is InChI=1S/C20H25N5O2/c1-13(2)10-25-18(26)16-17(22(4)20(25)27)21-19-23(14(3)11-24(16)19)12-15-8-6-5-7-9-15/h5-9,11,13,16-17H,10,12H2,1-4H3. The summed E-state index contributed by atoms with van der Waals surface area (Å²) in [7, 11) is 1.73. The van der Waals surface area contributed by atoms with Crippen LogP contribution in [0.4, 0.5) is 4.79 Å². The van der Waals surface area contributed by atoms with E-state index in [0.717, 1.165) is 11.7 Å². The molecule has 1 saturated heterocycles. The molecule has 1 fully saturated rings. The number of nitrogens with zero attached hydrogens (tertiary/aromatic N) is 5. The Morgan fingerprint density at radius 2 is 1.81 bits per heavy atom. The van der Waals surface area contributed by atoms with E-state index in [4.69, 9.17) is 4.99 Å². The second kappa shape index (κ2) is 6.40. The lowest BCUT2D eigenvalue weighted by atomic mass is 10.1. The fourth-order valence-corrected chi connectivity index (χ4v) is 3.90. The molecule has 2 atom stereocenters. The summed E-state index contributed by atoms with van der Waals surface area (Å²) in [5.41, 5.74) is 2.21. The minimum absolute atomic E-state index is 0.166. The summed E-state index contributed by atoms with van der Waals surface area (Å²) in [6, 6.07) is 9.41. The Morgan fingerprint density at radius 3 is 2.48 bits per heavy atom. The number of imide groups is 1. The number of hydrogen-bond donors (Lipinski definition) is 0. The molecule has 3 amide bonds. The molecule has 0 bridgehead atoms. The third-order valence-electron chi connectivity index (χ3n) is 5.23. The molecule has 142 valence electrons. The zero-order chi connectivity index (χ0) is 19.3. The molecular formula is C20H25N5O2. The average molecular weight is 367 g/mol. The number of carbonyl (C=O) groups excluding carboxylic acids is 2. The predicted octanol–water partition coefficient (Wildman–Crippen LogP) is 2.28. The van der Waals surface area contributed by atoms with Crippen molar-refractivity contribution in [3.05, 3.63) is 47.8 Å². The van der Waals surface area contributed by atoms with E-state index in [1.807, 2.05) is 50.1 Å². The second-order valence-corrected chi connectivity index (χ2v) is 7.77. The van der Waals surface area contributed by atoms with Gasteiger partial charge in [0.25, 0.3) is 5.91 Å². The SMILES string of the molecule is CC1=CN2C(=NC3C2C(=O)N(CC(C)C)C(=O)N3C)N1Cc1ccccc1. The molecule has 0 spiro atoms. The number of hydrogen-bond acceptors (Lipinski definition) is 5. The van der Waals surface area contributed by atoms with E-state index in [-0.39, 0.29) is 17.9 Å². The van der Waals surface area contributed by atoms with Crippen molar-refractivity contribution in [2.75, 3.05) is 13.6 Å². The second-order valence-electron chi connectivity index (χ2n) is 7.77. The Balaban J connectivity index is 1.63. The highest BCUT2D eigenvalue weighted by atomic mass is 16.2. The van der Waals surface area contributed by atoms with Gasteiger partial charge in [-0.05, 0) is 18.4 Å². The fraction of sp³-hybridized carbons (Fsp3) is 0.450. The van der Waals surface area contributed by atoms with E-state index in [1.54, 1.807) is 11.9 Å². The number of fused-ring (bicyclic) bond motifs is 3. The van der Waals surface area contributed by atoms with Crippen LogP contribution in [0.1, 0.15) is 26.3 Å². The summed E-state index contributed by atoms with van der Waals surface area (Å²) in [4.78, 5) is 37.6. The third kappa shape index (κ3) is 2.78. The van der Waals surface area contributed by atoms with Crippen LogP contribution in [0.2, 0.25) is 0 Å². The normalized spacial score (nSPS) is 24.5. The average Bonchev–Trinajstić information content (AvgIpc) is 3.14. The van der Waals surface area contributed by atoms with Crippen molar-refractivity contribution in [3.63, 3.8) is 0 Å². The van der Waals surface area contributed by atoms with Crippen molar-refractivity contribution >= 4 is 17.9 Å². The van der Waals surface area contributed by atoms with Gasteiger partial charge in [-0.3, -0.25) is 9.69 Å². The van der Waals surface area contributed by atoms with E-state index in [0.29, 0.717) is 13.1 Å². The van der Waals surface area contributed by atoms with Crippen LogP contribution in [-0.4, -0.2) is 63.3 Å². The Morgan fingerprint density at radius 1 is 1.11 bits per heavy atom. The number of urea groups is 1. The number of allylic oxidation sites excluding steroid dienone is 1. The Hall–Kier alpha value is -2.83. The van der Waals surface area contributed by atoms with Crippen molar-refractivity contribution in [2.24, 2.45) is 10.9 Å². The molecule has 0 aliphatic carbocycles. The van der Waals surface area contributed by atoms with Crippen LogP contribution < -0.4 is 0 Å². The maximum absolute atomic E-state index is 13.1. The molecule has 7 nitrogen and oxygen atoms in total. The number of benzene rings is 1. The van der Waals surface area contributed by atoms with Gasteiger partial charge in [-0.2, -0.15) is 0 Å². The van der Waals surface area contributed by atoms with Gasteiger partial charge in [-0.1, -0.05) is 44.2 Å². The van der Waals surface area contributed by atoms with Crippen molar-refractivity contribution in [1.82, 2.24) is 19.6 Å². The fourth-order valence-electron chi connectivity index (χ4n) is 3.90. The number of amides is 3.